The van der Waals surface area contributed by atoms with Crippen molar-refractivity contribution in [2.75, 3.05) is 30.3 Å². The van der Waals surface area contributed by atoms with Crippen molar-refractivity contribution in [1.82, 2.24) is 4.90 Å². The van der Waals surface area contributed by atoms with Crippen molar-refractivity contribution in [2.24, 2.45) is 5.92 Å². The van der Waals surface area contributed by atoms with Crippen molar-refractivity contribution in [3.63, 3.8) is 0 Å². The molecule has 2 atom stereocenters. The summed E-state index contributed by atoms with van der Waals surface area (Å²) in [5.74, 6) is 1.42. The monoisotopic (exact) mass is 447 g/mol. The average molecular weight is 448 g/mol. The lowest BCUT2D eigenvalue weighted by molar-refractivity contribution is 0.0366. The molecule has 0 spiro atoms. The number of carbonyl (C=O) groups excluding carboxylic acids is 1. The minimum absolute atomic E-state index is 0.0873. The van der Waals surface area contributed by atoms with E-state index in [9.17, 15) is 4.79 Å². The smallest absolute Gasteiger partial charge is 0.255 e. The van der Waals surface area contributed by atoms with Gasteiger partial charge in [-0.1, -0.05) is 19.3 Å². The molecular formula is C28H37N3O2. The summed E-state index contributed by atoms with van der Waals surface area (Å²) in [6.07, 6.45) is 11.7. The highest BCUT2D eigenvalue weighted by atomic mass is 16.5. The van der Waals surface area contributed by atoms with Crippen LogP contribution in [-0.2, 0) is 0 Å². The number of anilines is 2. The van der Waals surface area contributed by atoms with Crippen molar-refractivity contribution in [1.29, 1.82) is 0 Å². The molecule has 2 aromatic rings. The third kappa shape index (κ3) is 5.70. The highest BCUT2D eigenvalue weighted by molar-refractivity contribution is 6.04. The molecule has 5 nitrogen and oxygen atoms in total. The first-order valence-corrected chi connectivity index (χ1v) is 12.9. The summed E-state index contributed by atoms with van der Waals surface area (Å²) in [7, 11) is 0. The Morgan fingerprint density at radius 3 is 2.30 bits per heavy atom. The van der Waals surface area contributed by atoms with Crippen LogP contribution >= 0.6 is 0 Å². The fourth-order valence-corrected chi connectivity index (χ4v) is 5.84. The van der Waals surface area contributed by atoms with E-state index in [2.05, 4.69) is 15.5 Å². The molecule has 33 heavy (non-hydrogen) atoms. The quantitative estimate of drug-likeness (QED) is 0.552. The minimum atomic E-state index is -0.0873. The van der Waals surface area contributed by atoms with Crippen LogP contribution in [0.15, 0.2) is 48.5 Å². The first-order valence-electron chi connectivity index (χ1n) is 12.9. The first-order chi connectivity index (χ1) is 16.2. The molecule has 0 radical (unpaired) electrons. The fraction of sp³-hybridized carbons (Fsp3) is 0.536. The SMILES string of the molecule is O=C(Nc1ccc(OC[C@@H]2CCCN3CCCC[C@H]23)cc1)c1ccc(NC2CCCC2)cc1. The van der Waals surface area contributed by atoms with Crippen molar-refractivity contribution >= 4 is 17.3 Å². The highest BCUT2D eigenvalue weighted by Gasteiger charge is 2.33. The highest BCUT2D eigenvalue weighted by Crippen LogP contribution is 2.31. The number of ether oxygens (including phenoxy) is 1. The normalized spacial score (nSPS) is 23.6. The molecule has 1 saturated carbocycles. The number of fused-ring (bicyclic) bond motifs is 1. The van der Waals surface area contributed by atoms with Crippen molar-refractivity contribution < 1.29 is 9.53 Å². The van der Waals surface area contributed by atoms with Gasteiger partial charge in [-0.3, -0.25) is 9.69 Å². The predicted octanol–water partition coefficient (Wildman–Crippen LogP) is 5.94. The molecule has 0 bridgehead atoms. The van der Waals surface area contributed by atoms with Crippen LogP contribution in [0, 0.1) is 5.92 Å². The number of nitrogens with zero attached hydrogens (tertiary/aromatic N) is 1. The van der Waals surface area contributed by atoms with Crippen LogP contribution in [0.3, 0.4) is 0 Å². The van der Waals surface area contributed by atoms with Gasteiger partial charge in [0.2, 0.25) is 0 Å². The molecule has 2 aliphatic heterocycles. The first kappa shape index (κ1) is 22.3. The van der Waals surface area contributed by atoms with Crippen LogP contribution in [0.1, 0.15) is 68.1 Å². The van der Waals surface area contributed by atoms with Gasteiger partial charge in [0.1, 0.15) is 5.75 Å². The molecule has 2 saturated heterocycles. The maximum absolute atomic E-state index is 12.7. The zero-order valence-corrected chi connectivity index (χ0v) is 19.6. The Hall–Kier alpha value is -2.53. The van der Waals surface area contributed by atoms with Crippen molar-refractivity contribution in [2.45, 2.75) is 69.9 Å². The Morgan fingerprint density at radius 1 is 0.818 bits per heavy atom. The minimum Gasteiger partial charge on any atom is -0.493 e. The van der Waals surface area contributed by atoms with E-state index in [4.69, 9.17) is 4.74 Å². The molecule has 1 amide bonds. The Kier molecular flexibility index (Phi) is 7.15. The number of piperidine rings is 2. The number of amides is 1. The largest absolute Gasteiger partial charge is 0.493 e. The summed E-state index contributed by atoms with van der Waals surface area (Å²) in [5, 5.41) is 6.56. The molecule has 3 fully saturated rings. The number of hydrogen-bond donors (Lipinski definition) is 2. The van der Waals surface area contributed by atoms with Gasteiger partial charge in [-0.15, -0.1) is 0 Å². The third-order valence-corrected chi connectivity index (χ3v) is 7.68. The van der Waals surface area contributed by atoms with Crippen LogP contribution in [-0.4, -0.2) is 42.6 Å². The van der Waals surface area contributed by atoms with Crippen LogP contribution in [0.4, 0.5) is 11.4 Å². The van der Waals surface area contributed by atoms with Crippen LogP contribution < -0.4 is 15.4 Å². The van der Waals surface area contributed by atoms with Gasteiger partial charge in [-0.25, -0.2) is 0 Å². The Bertz CT molecular complexity index is 904. The van der Waals surface area contributed by atoms with E-state index in [-0.39, 0.29) is 5.91 Å². The topological polar surface area (TPSA) is 53.6 Å². The lowest BCUT2D eigenvalue weighted by Crippen LogP contribution is -2.49. The number of hydrogen-bond acceptors (Lipinski definition) is 4. The zero-order chi connectivity index (χ0) is 22.5. The van der Waals surface area contributed by atoms with Gasteiger partial charge in [-0.05, 0) is 100 Å². The second-order valence-electron chi connectivity index (χ2n) is 9.99. The second kappa shape index (κ2) is 10.6. The molecule has 0 unspecified atom stereocenters. The molecule has 3 aliphatic rings. The molecule has 0 aromatic heterocycles. The zero-order valence-electron chi connectivity index (χ0n) is 19.6. The van der Waals surface area contributed by atoms with E-state index >= 15 is 0 Å². The average Bonchev–Trinajstić information content (AvgIpc) is 3.37. The van der Waals surface area contributed by atoms with E-state index in [0.29, 0.717) is 23.6 Å². The van der Waals surface area contributed by atoms with Gasteiger partial charge >= 0.3 is 0 Å². The standard InChI is InChI=1S/C28H37N3O2/c32-28(21-10-12-24(13-11-21)29-23-7-1-2-8-23)30-25-14-16-26(17-15-25)33-20-22-6-5-19-31-18-4-3-9-27(22)31/h10-17,22-23,27,29H,1-9,18-20H2,(H,30,32)/t22-,27+/m0/s1. The molecular weight excluding hydrogens is 410 g/mol. The second-order valence-corrected chi connectivity index (χ2v) is 9.99. The van der Waals surface area contributed by atoms with E-state index in [1.54, 1.807) is 0 Å². The van der Waals surface area contributed by atoms with Crippen LogP contribution in [0.25, 0.3) is 0 Å². The summed E-state index contributed by atoms with van der Waals surface area (Å²) in [6.45, 7) is 3.30. The number of rotatable bonds is 7. The van der Waals surface area contributed by atoms with E-state index < -0.39 is 0 Å². The van der Waals surface area contributed by atoms with Crippen LogP contribution in [0.5, 0.6) is 5.75 Å². The molecule has 1 aliphatic carbocycles. The number of carbonyl (C=O) groups is 1. The number of benzene rings is 2. The number of nitrogens with one attached hydrogen (secondary N) is 2. The summed E-state index contributed by atoms with van der Waals surface area (Å²) in [5.41, 5.74) is 2.55. The summed E-state index contributed by atoms with van der Waals surface area (Å²) >= 11 is 0. The van der Waals surface area contributed by atoms with Crippen LogP contribution in [0.2, 0.25) is 0 Å². The molecule has 2 heterocycles. The molecule has 2 aromatic carbocycles. The van der Waals surface area contributed by atoms with E-state index in [0.717, 1.165) is 23.7 Å². The molecule has 5 heteroatoms. The van der Waals surface area contributed by atoms with Gasteiger partial charge in [0.25, 0.3) is 5.91 Å². The van der Waals surface area contributed by atoms with E-state index in [1.165, 1.54) is 70.9 Å². The summed E-state index contributed by atoms with van der Waals surface area (Å²) in [4.78, 5) is 15.3. The predicted molar refractivity (Wildman–Crippen MR) is 134 cm³/mol. The summed E-state index contributed by atoms with van der Waals surface area (Å²) in [6, 6.07) is 16.8. The molecule has 5 rings (SSSR count). The van der Waals surface area contributed by atoms with Gasteiger partial charge in [0, 0.05) is 34.9 Å². The molecule has 2 N–H and O–H groups in total. The van der Waals surface area contributed by atoms with Gasteiger partial charge < -0.3 is 15.4 Å². The fourth-order valence-electron chi connectivity index (χ4n) is 5.84. The maximum atomic E-state index is 12.7. The maximum Gasteiger partial charge on any atom is 0.255 e. The lowest BCUT2D eigenvalue weighted by atomic mass is 9.84. The van der Waals surface area contributed by atoms with Gasteiger partial charge in [0.15, 0.2) is 0 Å². The van der Waals surface area contributed by atoms with Crippen molar-refractivity contribution in [3.05, 3.63) is 54.1 Å². The Morgan fingerprint density at radius 2 is 1.52 bits per heavy atom. The summed E-state index contributed by atoms with van der Waals surface area (Å²) < 4.78 is 6.16. The molecule has 176 valence electrons. The van der Waals surface area contributed by atoms with Gasteiger partial charge in [0.05, 0.1) is 6.61 Å². The Labute approximate surface area is 197 Å². The third-order valence-electron chi connectivity index (χ3n) is 7.68. The Balaban J connectivity index is 1.11. The van der Waals surface area contributed by atoms with E-state index in [1.807, 2.05) is 48.5 Å². The lowest BCUT2D eigenvalue weighted by Gasteiger charge is -2.44. The van der Waals surface area contributed by atoms with Crippen molar-refractivity contribution in [3.8, 4) is 5.75 Å². The van der Waals surface area contributed by atoms with Gasteiger partial charge in [-0.2, -0.15) is 0 Å².